The lowest BCUT2D eigenvalue weighted by Gasteiger charge is -2.08. The molecule has 1 aliphatic heterocycles. The van der Waals surface area contributed by atoms with E-state index in [1.807, 2.05) is 18.3 Å². The molecule has 3 rings (SSSR count). The van der Waals surface area contributed by atoms with Crippen molar-refractivity contribution in [2.45, 2.75) is 6.29 Å². The summed E-state index contributed by atoms with van der Waals surface area (Å²) >= 11 is 0. The second-order valence-electron chi connectivity index (χ2n) is 3.05. The van der Waals surface area contributed by atoms with Crippen LogP contribution in [0.4, 0.5) is 0 Å². The third kappa shape index (κ3) is 1.04. The van der Waals surface area contributed by atoms with Gasteiger partial charge in [0.15, 0.2) is 0 Å². The normalized spacial score (nSPS) is 15.7. The zero-order valence-electron chi connectivity index (χ0n) is 7.31. The van der Waals surface area contributed by atoms with Crippen LogP contribution in [0.15, 0.2) is 37.1 Å². The molecule has 4 nitrogen and oxygen atoms in total. The summed E-state index contributed by atoms with van der Waals surface area (Å²) in [6.45, 7) is 0. The van der Waals surface area contributed by atoms with Gasteiger partial charge >= 0.3 is 0 Å². The Morgan fingerprint density at radius 2 is 2.14 bits per heavy atom. The summed E-state index contributed by atoms with van der Waals surface area (Å²) in [7, 11) is 0. The Hall–Kier alpha value is -1.97. The number of H-pyrrole nitrogens is 1. The van der Waals surface area contributed by atoms with Crippen LogP contribution in [0.3, 0.4) is 0 Å². The molecule has 0 bridgehead atoms. The van der Waals surface area contributed by atoms with Crippen LogP contribution >= 0.6 is 0 Å². The van der Waals surface area contributed by atoms with E-state index >= 15 is 0 Å². The molecule has 1 N–H and O–H groups in total. The number of hydrogen-bond donors (Lipinski definition) is 1. The average Bonchev–Trinajstić information content (AvgIpc) is 2.88. The molecule has 2 aromatic heterocycles. The van der Waals surface area contributed by atoms with Gasteiger partial charge in [0.2, 0.25) is 0 Å². The summed E-state index contributed by atoms with van der Waals surface area (Å²) < 4.78 is 10.4. The Balaban J connectivity index is 2.04. The predicted octanol–water partition coefficient (Wildman–Crippen LogP) is 2.08. The lowest BCUT2D eigenvalue weighted by Crippen LogP contribution is -2.00. The van der Waals surface area contributed by atoms with Crippen molar-refractivity contribution >= 4 is 10.9 Å². The molecule has 3 heterocycles. The number of pyridine rings is 1. The zero-order valence-corrected chi connectivity index (χ0v) is 7.31. The van der Waals surface area contributed by atoms with Crippen LogP contribution in [0.2, 0.25) is 0 Å². The number of nitrogens with zero attached hydrogens (tertiary/aromatic N) is 1. The molecule has 0 fully saturated rings. The van der Waals surface area contributed by atoms with Gasteiger partial charge in [-0.2, -0.15) is 0 Å². The summed E-state index contributed by atoms with van der Waals surface area (Å²) in [4.78, 5) is 7.32. The summed E-state index contributed by atoms with van der Waals surface area (Å²) in [5.41, 5.74) is 1.79. The highest BCUT2D eigenvalue weighted by Gasteiger charge is 2.17. The molecule has 70 valence electrons. The molecule has 0 amide bonds. The van der Waals surface area contributed by atoms with Crippen molar-refractivity contribution in [2.75, 3.05) is 0 Å². The van der Waals surface area contributed by atoms with Crippen molar-refractivity contribution in [3.63, 3.8) is 0 Å². The maximum absolute atomic E-state index is 5.19. The Morgan fingerprint density at radius 1 is 1.29 bits per heavy atom. The van der Waals surface area contributed by atoms with Gasteiger partial charge in [-0.1, -0.05) is 0 Å². The molecule has 2 aromatic rings. The smallest absolute Gasteiger partial charge is 0.283 e. The Morgan fingerprint density at radius 3 is 3.00 bits per heavy atom. The molecule has 4 heteroatoms. The van der Waals surface area contributed by atoms with Crippen molar-refractivity contribution in [1.82, 2.24) is 9.97 Å². The first-order valence-corrected chi connectivity index (χ1v) is 4.32. The quantitative estimate of drug-likeness (QED) is 0.745. The molecular formula is C10H8N2O2. The predicted molar refractivity (Wildman–Crippen MR) is 50.1 cm³/mol. The number of hydrogen-bond acceptors (Lipinski definition) is 3. The van der Waals surface area contributed by atoms with E-state index in [0.717, 1.165) is 16.6 Å². The molecule has 0 aromatic carbocycles. The first kappa shape index (κ1) is 7.44. The number of aromatic amines is 1. The number of ether oxygens (including phenoxy) is 2. The van der Waals surface area contributed by atoms with Gasteiger partial charge in [0.1, 0.15) is 18.2 Å². The van der Waals surface area contributed by atoms with Crippen molar-refractivity contribution in [2.24, 2.45) is 0 Å². The number of nitrogens with one attached hydrogen (secondary N) is 1. The number of fused-ring (bicyclic) bond motifs is 1. The number of rotatable bonds is 1. The Labute approximate surface area is 80.2 Å². The van der Waals surface area contributed by atoms with Gasteiger partial charge in [0.05, 0.1) is 11.7 Å². The number of aromatic nitrogens is 2. The third-order valence-corrected chi connectivity index (χ3v) is 2.16. The second kappa shape index (κ2) is 2.77. The van der Waals surface area contributed by atoms with E-state index in [0.29, 0.717) is 0 Å². The van der Waals surface area contributed by atoms with Crippen molar-refractivity contribution in [1.29, 1.82) is 0 Å². The average molecular weight is 188 g/mol. The van der Waals surface area contributed by atoms with E-state index in [-0.39, 0.29) is 0 Å². The molecule has 0 saturated carbocycles. The minimum Gasteiger partial charge on any atom is -0.454 e. The van der Waals surface area contributed by atoms with Crippen LogP contribution in [-0.2, 0) is 9.47 Å². The van der Waals surface area contributed by atoms with Crippen LogP contribution in [0.25, 0.3) is 10.9 Å². The summed E-state index contributed by atoms with van der Waals surface area (Å²) in [6.07, 6.45) is 6.30. The fraction of sp³-hybridized carbons (Fsp3) is 0.100. The van der Waals surface area contributed by atoms with Crippen LogP contribution < -0.4 is 0 Å². The van der Waals surface area contributed by atoms with Gasteiger partial charge in [0.25, 0.3) is 6.29 Å². The summed E-state index contributed by atoms with van der Waals surface area (Å²) in [5, 5.41) is 1.11. The molecule has 14 heavy (non-hydrogen) atoms. The van der Waals surface area contributed by atoms with Gasteiger partial charge in [-0.3, -0.25) is 4.98 Å². The van der Waals surface area contributed by atoms with Crippen molar-refractivity contribution < 1.29 is 9.47 Å². The first-order valence-electron chi connectivity index (χ1n) is 4.32. The lowest BCUT2D eigenvalue weighted by atomic mass is 10.2. The van der Waals surface area contributed by atoms with E-state index in [1.54, 1.807) is 6.20 Å². The monoisotopic (exact) mass is 188 g/mol. The van der Waals surface area contributed by atoms with Crippen LogP contribution in [0, 0.1) is 0 Å². The maximum Gasteiger partial charge on any atom is 0.283 e. The minimum absolute atomic E-state index is 0.394. The Bertz CT molecular complexity index is 482. The van der Waals surface area contributed by atoms with E-state index in [4.69, 9.17) is 9.47 Å². The van der Waals surface area contributed by atoms with E-state index < -0.39 is 6.29 Å². The molecule has 0 atom stereocenters. The molecule has 0 unspecified atom stereocenters. The second-order valence-corrected chi connectivity index (χ2v) is 3.05. The minimum atomic E-state index is -0.394. The lowest BCUT2D eigenvalue weighted by molar-refractivity contribution is -0.0278. The molecule has 0 aliphatic carbocycles. The van der Waals surface area contributed by atoms with E-state index in [1.165, 1.54) is 12.5 Å². The SMILES string of the molecule is C1=COC(c2cc3cc[nH]c3cn2)O1. The van der Waals surface area contributed by atoms with Gasteiger partial charge < -0.3 is 14.5 Å². The Kier molecular flexibility index (Phi) is 1.47. The van der Waals surface area contributed by atoms with Crippen molar-refractivity contribution in [3.8, 4) is 0 Å². The van der Waals surface area contributed by atoms with Crippen LogP contribution in [0.1, 0.15) is 12.0 Å². The highest BCUT2D eigenvalue weighted by molar-refractivity contribution is 5.78. The standard InChI is InChI=1S/C10H8N2O2/c1-2-11-9-6-12-8(5-7(1)9)10-13-3-4-14-10/h1-6,10-11H. The van der Waals surface area contributed by atoms with Gasteiger partial charge in [-0.15, -0.1) is 0 Å². The topological polar surface area (TPSA) is 47.1 Å². The highest BCUT2D eigenvalue weighted by Crippen LogP contribution is 2.24. The fourth-order valence-corrected chi connectivity index (χ4v) is 1.47. The van der Waals surface area contributed by atoms with Gasteiger partial charge in [-0.25, -0.2) is 0 Å². The molecular weight excluding hydrogens is 180 g/mol. The van der Waals surface area contributed by atoms with Crippen LogP contribution in [-0.4, -0.2) is 9.97 Å². The van der Waals surface area contributed by atoms with Gasteiger partial charge in [0, 0.05) is 11.6 Å². The first-order chi connectivity index (χ1) is 6.93. The van der Waals surface area contributed by atoms with E-state index in [2.05, 4.69) is 9.97 Å². The zero-order chi connectivity index (χ0) is 9.38. The fourth-order valence-electron chi connectivity index (χ4n) is 1.47. The third-order valence-electron chi connectivity index (χ3n) is 2.16. The maximum atomic E-state index is 5.19. The van der Waals surface area contributed by atoms with Crippen LogP contribution in [0.5, 0.6) is 0 Å². The molecule has 0 saturated heterocycles. The summed E-state index contributed by atoms with van der Waals surface area (Å²) in [5.74, 6) is 0. The largest absolute Gasteiger partial charge is 0.454 e. The molecule has 1 aliphatic rings. The summed E-state index contributed by atoms with van der Waals surface area (Å²) in [6, 6.07) is 3.94. The van der Waals surface area contributed by atoms with Crippen molar-refractivity contribution in [3.05, 3.63) is 42.7 Å². The van der Waals surface area contributed by atoms with E-state index in [9.17, 15) is 0 Å². The van der Waals surface area contributed by atoms with Gasteiger partial charge in [-0.05, 0) is 12.1 Å². The highest BCUT2D eigenvalue weighted by atomic mass is 16.7. The molecule has 0 spiro atoms. The molecule has 0 radical (unpaired) electrons.